The summed E-state index contributed by atoms with van der Waals surface area (Å²) in [5.41, 5.74) is 1.39. The summed E-state index contributed by atoms with van der Waals surface area (Å²) in [6, 6.07) is 16.4. The molecule has 0 fully saturated rings. The minimum atomic E-state index is -0.455. The number of hydrogen-bond donors (Lipinski definition) is 1. The molecule has 1 aromatic heterocycles. The van der Waals surface area contributed by atoms with E-state index < -0.39 is 5.97 Å². The van der Waals surface area contributed by atoms with Crippen LogP contribution in [0.4, 0.5) is 10.1 Å². The number of hydrogen-bond acceptors (Lipinski definition) is 5. The molecule has 144 valence electrons. The summed E-state index contributed by atoms with van der Waals surface area (Å²) in [4.78, 5) is 25.3. The zero-order valence-electron chi connectivity index (χ0n) is 15.1. The smallest absolute Gasteiger partial charge is 0.344 e. The van der Waals surface area contributed by atoms with Crippen LogP contribution in [-0.4, -0.2) is 25.1 Å². The van der Waals surface area contributed by atoms with Gasteiger partial charge in [-0.1, -0.05) is 18.2 Å². The van der Waals surface area contributed by atoms with Gasteiger partial charge in [0.1, 0.15) is 11.6 Å². The molecule has 0 aliphatic carbocycles. The molecule has 0 radical (unpaired) electrons. The van der Waals surface area contributed by atoms with Crippen molar-refractivity contribution < 1.29 is 23.5 Å². The van der Waals surface area contributed by atoms with Crippen molar-refractivity contribution in [3.05, 3.63) is 71.4 Å². The maximum absolute atomic E-state index is 13.1. The van der Waals surface area contributed by atoms with E-state index in [9.17, 15) is 14.0 Å². The van der Waals surface area contributed by atoms with Crippen LogP contribution in [-0.2, 0) is 9.53 Å². The first-order chi connectivity index (χ1) is 13.5. The van der Waals surface area contributed by atoms with Crippen molar-refractivity contribution >= 4 is 28.9 Å². The molecule has 0 saturated carbocycles. The second-order valence-corrected chi connectivity index (χ2v) is 6.83. The van der Waals surface area contributed by atoms with Gasteiger partial charge in [0.15, 0.2) is 6.61 Å². The van der Waals surface area contributed by atoms with Crippen LogP contribution < -0.4 is 10.1 Å². The lowest BCUT2D eigenvalue weighted by Crippen LogP contribution is -2.15. The largest absolute Gasteiger partial charge is 0.482 e. The quantitative estimate of drug-likeness (QED) is 0.583. The van der Waals surface area contributed by atoms with Gasteiger partial charge in [0.25, 0.3) is 5.91 Å². The minimum absolute atomic E-state index is 0.197. The van der Waals surface area contributed by atoms with Crippen LogP contribution in [0.5, 0.6) is 5.75 Å². The molecule has 1 N–H and O–H groups in total. The number of nitrogens with one attached hydrogen (secondary N) is 1. The Kier molecular flexibility index (Phi) is 6.39. The van der Waals surface area contributed by atoms with E-state index in [2.05, 4.69) is 5.32 Å². The maximum Gasteiger partial charge on any atom is 0.344 e. The summed E-state index contributed by atoms with van der Waals surface area (Å²) in [5.74, 6) is -0.572. The van der Waals surface area contributed by atoms with Crippen LogP contribution in [0.2, 0.25) is 0 Å². The van der Waals surface area contributed by atoms with E-state index >= 15 is 0 Å². The predicted molar refractivity (Wildman–Crippen MR) is 106 cm³/mol. The van der Waals surface area contributed by atoms with E-state index in [-0.39, 0.29) is 18.3 Å². The Hall–Kier alpha value is -3.19. The minimum Gasteiger partial charge on any atom is -0.482 e. The van der Waals surface area contributed by atoms with Crippen molar-refractivity contribution in [1.82, 2.24) is 0 Å². The summed E-state index contributed by atoms with van der Waals surface area (Å²) >= 11 is 1.32. The Morgan fingerprint density at radius 3 is 2.61 bits per heavy atom. The molecule has 0 aliphatic rings. The van der Waals surface area contributed by atoms with Crippen LogP contribution >= 0.6 is 11.3 Å². The summed E-state index contributed by atoms with van der Waals surface area (Å²) in [6.45, 7) is 1.82. The molecule has 0 bridgehead atoms. The monoisotopic (exact) mass is 399 g/mol. The van der Waals surface area contributed by atoms with Gasteiger partial charge in [-0.15, -0.1) is 11.3 Å². The van der Waals surface area contributed by atoms with Crippen molar-refractivity contribution in [3.8, 4) is 16.2 Å². The van der Waals surface area contributed by atoms with Crippen molar-refractivity contribution in [2.45, 2.75) is 6.92 Å². The van der Waals surface area contributed by atoms with E-state index in [0.717, 1.165) is 10.4 Å². The first-order valence-electron chi connectivity index (χ1n) is 8.61. The van der Waals surface area contributed by atoms with E-state index in [1.54, 1.807) is 49.4 Å². The highest BCUT2D eigenvalue weighted by molar-refractivity contribution is 7.17. The number of benzene rings is 2. The standard InChI is InChI=1S/C21H18FNO4S/c1-2-26-20(24)13-27-17-5-3-4-16(12-17)23-21(25)19-11-10-18(28-19)14-6-8-15(22)9-7-14/h3-12H,2,13H2,1H3,(H,23,25). The lowest BCUT2D eigenvalue weighted by atomic mass is 10.2. The fraction of sp³-hybridized carbons (Fsp3) is 0.143. The number of halogens is 1. The molecule has 0 aliphatic heterocycles. The van der Waals surface area contributed by atoms with E-state index in [0.29, 0.717) is 22.9 Å². The third kappa shape index (κ3) is 5.17. The first kappa shape index (κ1) is 19.6. The second-order valence-electron chi connectivity index (χ2n) is 5.75. The number of amides is 1. The molecular formula is C21H18FNO4S. The molecule has 0 spiro atoms. The zero-order valence-corrected chi connectivity index (χ0v) is 15.9. The van der Waals surface area contributed by atoms with Gasteiger partial charge >= 0.3 is 5.97 Å². The van der Waals surface area contributed by atoms with Crippen LogP contribution in [0.25, 0.3) is 10.4 Å². The number of esters is 1. The van der Waals surface area contributed by atoms with Crippen molar-refractivity contribution in [2.24, 2.45) is 0 Å². The molecule has 0 atom stereocenters. The van der Waals surface area contributed by atoms with E-state index in [4.69, 9.17) is 9.47 Å². The van der Waals surface area contributed by atoms with Crippen LogP contribution in [0, 0.1) is 5.82 Å². The normalized spacial score (nSPS) is 10.4. The Morgan fingerprint density at radius 1 is 1.07 bits per heavy atom. The Morgan fingerprint density at radius 2 is 1.86 bits per heavy atom. The molecule has 1 heterocycles. The molecule has 1 amide bonds. The summed E-state index contributed by atoms with van der Waals surface area (Å²) in [6.07, 6.45) is 0. The van der Waals surface area contributed by atoms with Gasteiger partial charge in [-0.05, 0) is 48.9 Å². The fourth-order valence-corrected chi connectivity index (χ4v) is 3.34. The zero-order chi connectivity index (χ0) is 19.9. The number of carbonyl (C=O) groups is 2. The van der Waals surface area contributed by atoms with Gasteiger partial charge in [0.2, 0.25) is 0 Å². The molecule has 0 saturated heterocycles. The van der Waals surface area contributed by atoms with Crippen molar-refractivity contribution in [2.75, 3.05) is 18.5 Å². The number of ether oxygens (including phenoxy) is 2. The SMILES string of the molecule is CCOC(=O)COc1cccc(NC(=O)c2ccc(-c3ccc(F)cc3)s2)c1. The highest BCUT2D eigenvalue weighted by Crippen LogP contribution is 2.29. The van der Waals surface area contributed by atoms with Gasteiger partial charge in [-0.25, -0.2) is 9.18 Å². The predicted octanol–water partition coefficient (Wildman–Crippen LogP) is 4.75. The topological polar surface area (TPSA) is 64.6 Å². The number of rotatable bonds is 7. The van der Waals surface area contributed by atoms with Crippen LogP contribution in [0.15, 0.2) is 60.7 Å². The molecule has 5 nitrogen and oxygen atoms in total. The summed E-state index contributed by atoms with van der Waals surface area (Å²) in [5, 5.41) is 2.80. The van der Waals surface area contributed by atoms with Crippen molar-refractivity contribution in [1.29, 1.82) is 0 Å². The average Bonchev–Trinajstić information content (AvgIpc) is 3.18. The molecule has 2 aromatic carbocycles. The van der Waals surface area contributed by atoms with Crippen molar-refractivity contribution in [3.63, 3.8) is 0 Å². The Balaban J connectivity index is 1.64. The first-order valence-corrected chi connectivity index (χ1v) is 9.42. The lowest BCUT2D eigenvalue weighted by molar-refractivity contribution is -0.145. The van der Waals surface area contributed by atoms with Crippen LogP contribution in [0.1, 0.15) is 16.6 Å². The lowest BCUT2D eigenvalue weighted by Gasteiger charge is -2.08. The fourth-order valence-electron chi connectivity index (χ4n) is 2.43. The van der Waals surface area contributed by atoms with Gasteiger partial charge in [0.05, 0.1) is 11.5 Å². The molecule has 3 aromatic rings. The van der Waals surface area contributed by atoms with E-state index in [1.807, 2.05) is 6.07 Å². The highest BCUT2D eigenvalue weighted by Gasteiger charge is 2.11. The second kappa shape index (κ2) is 9.14. The summed E-state index contributed by atoms with van der Waals surface area (Å²) in [7, 11) is 0. The number of carbonyl (C=O) groups excluding carboxylic acids is 2. The molecule has 0 unspecified atom stereocenters. The third-order valence-electron chi connectivity index (χ3n) is 3.71. The number of anilines is 1. The van der Waals surface area contributed by atoms with Gasteiger partial charge in [-0.3, -0.25) is 4.79 Å². The van der Waals surface area contributed by atoms with E-state index in [1.165, 1.54) is 23.5 Å². The van der Waals surface area contributed by atoms with Gasteiger partial charge in [0, 0.05) is 16.6 Å². The number of thiophene rings is 1. The average molecular weight is 399 g/mol. The highest BCUT2D eigenvalue weighted by atomic mass is 32.1. The third-order valence-corrected chi connectivity index (χ3v) is 4.85. The summed E-state index contributed by atoms with van der Waals surface area (Å²) < 4.78 is 23.2. The molecular weight excluding hydrogens is 381 g/mol. The van der Waals surface area contributed by atoms with Gasteiger partial charge < -0.3 is 14.8 Å². The Bertz CT molecular complexity index is 969. The molecule has 3 rings (SSSR count). The van der Waals surface area contributed by atoms with Gasteiger partial charge in [-0.2, -0.15) is 0 Å². The molecule has 28 heavy (non-hydrogen) atoms. The maximum atomic E-state index is 13.1. The Labute approximate surface area is 165 Å². The van der Waals surface area contributed by atoms with Crippen LogP contribution in [0.3, 0.4) is 0 Å². The molecule has 7 heteroatoms.